The molecule has 0 spiro atoms. The number of hydrogen-bond donors (Lipinski definition) is 3. The predicted molar refractivity (Wildman–Crippen MR) is 128 cm³/mol. The van der Waals surface area contributed by atoms with Gasteiger partial charge in [0.05, 0.1) is 30.3 Å². The van der Waals surface area contributed by atoms with Crippen LogP contribution < -0.4 is 16.0 Å². The van der Waals surface area contributed by atoms with Crippen LogP contribution in [0.4, 0.5) is 10.5 Å². The molecule has 0 aromatic heterocycles. The number of ether oxygens (including phenoxy) is 2. The molecule has 1 heterocycles. The topological polar surface area (TPSA) is 106 Å². The Morgan fingerprint density at radius 3 is 2.09 bits per heavy atom. The van der Waals surface area contributed by atoms with Gasteiger partial charge >= 0.3 is 18.0 Å². The average Bonchev–Trinajstić information content (AvgIpc) is 2.76. The van der Waals surface area contributed by atoms with Crippen molar-refractivity contribution in [2.75, 3.05) is 25.1 Å². The van der Waals surface area contributed by atoms with Crippen LogP contribution in [0.1, 0.15) is 65.4 Å². The number of rotatable bonds is 10. The fourth-order valence-corrected chi connectivity index (χ4v) is 3.83. The first-order valence-corrected chi connectivity index (χ1v) is 11.5. The maximum absolute atomic E-state index is 12.9. The molecule has 2 rings (SSSR count). The normalized spacial score (nSPS) is 14.0. The lowest BCUT2D eigenvalue weighted by molar-refractivity contribution is -0.139. The Hall–Kier alpha value is -3.29. The van der Waals surface area contributed by atoms with E-state index in [0.717, 1.165) is 19.3 Å². The summed E-state index contributed by atoms with van der Waals surface area (Å²) in [6, 6.07) is 6.82. The summed E-state index contributed by atoms with van der Waals surface area (Å²) in [6.45, 7) is 10.1. The highest BCUT2D eigenvalue weighted by molar-refractivity contribution is 6.00. The number of urea groups is 1. The van der Waals surface area contributed by atoms with Gasteiger partial charge in [-0.2, -0.15) is 0 Å². The van der Waals surface area contributed by atoms with Gasteiger partial charge in [0.25, 0.3) is 0 Å². The molecule has 0 saturated carbocycles. The molecule has 3 N–H and O–H groups in total. The zero-order valence-electron chi connectivity index (χ0n) is 20.2. The van der Waals surface area contributed by atoms with E-state index in [1.165, 1.54) is 0 Å². The molecule has 0 radical (unpaired) electrons. The Morgan fingerprint density at radius 1 is 0.939 bits per heavy atom. The highest BCUT2D eigenvalue weighted by Gasteiger charge is 2.38. The molecule has 0 aliphatic carbocycles. The first-order chi connectivity index (χ1) is 15.8. The van der Waals surface area contributed by atoms with Crippen LogP contribution in [0.5, 0.6) is 0 Å². The van der Waals surface area contributed by atoms with E-state index < -0.39 is 17.9 Å². The van der Waals surface area contributed by atoms with Crippen LogP contribution in [0.2, 0.25) is 0 Å². The van der Waals surface area contributed by atoms with Crippen molar-refractivity contribution in [2.24, 2.45) is 0 Å². The van der Waals surface area contributed by atoms with Crippen LogP contribution in [0.3, 0.4) is 0 Å². The minimum absolute atomic E-state index is 0.208. The third kappa shape index (κ3) is 6.84. The zero-order chi connectivity index (χ0) is 24.4. The molecular formula is C25H35N3O5. The summed E-state index contributed by atoms with van der Waals surface area (Å²) in [5, 5.41) is 8.78. The number of amides is 2. The maximum atomic E-state index is 12.9. The summed E-state index contributed by atoms with van der Waals surface area (Å²) in [5.41, 5.74) is 3.12. The average molecular weight is 458 g/mol. The van der Waals surface area contributed by atoms with Gasteiger partial charge in [0, 0.05) is 23.6 Å². The second-order valence-corrected chi connectivity index (χ2v) is 7.79. The van der Waals surface area contributed by atoms with Crippen molar-refractivity contribution in [1.29, 1.82) is 0 Å². The van der Waals surface area contributed by atoms with E-state index in [4.69, 9.17) is 9.47 Å². The molecular weight excluding hydrogens is 422 g/mol. The monoisotopic (exact) mass is 457 g/mol. The molecule has 1 aliphatic heterocycles. The van der Waals surface area contributed by atoms with E-state index in [0.29, 0.717) is 40.3 Å². The smallest absolute Gasteiger partial charge is 0.336 e. The Labute approximate surface area is 195 Å². The molecule has 2 amide bonds. The lowest BCUT2D eigenvalue weighted by Crippen LogP contribution is -2.32. The number of dihydropyridines is 1. The number of anilines is 1. The van der Waals surface area contributed by atoms with Crippen molar-refractivity contribution in [3.05, 3.63) is 52.4 Å². The van der Waals surface area contributed by atoms with Gasteiger partial charge in [0.2, 0.25) is 0 Å². The van der Waals surface area contributed by atoms with E-state index in [1.54, 1.807) is 45.9 Å². The van der Waals surface area contributed by atoms with E-state index in [2.05, 4.69) is 22.9 Å². The van der Waals surface area contributed by atoms with Gasteiger partial charge in [-0.15, -0.1) is 0 Å². The number of benzene rings is 1. The second kappa shape index (κ2) is 12.7. The Balaban J connectivity index is 2.41. The number of esters is 2. The lowest BCUT2D eigenvalue weighted by atomic mass is 9.80. The molecule has 0 atom stereocenters. The van der Waals surface area contributed by atoms with Crippen molar-refractivity contribution in [2.45, 2.75) is 59.8 Å². The van der Waals surface area contributed by atoms with E-state index in [1.807, 2.05) is 6.07 Å². The van der Waals surface area contributed by atoms with Gasteiger partial charge in [-0.3, -0.25) is 0 Å². The summed E-state index contributed by atoms with van der Waals surface area (Å²) >= 11 is 0. The van der Waals surface area contributed by atoms with Gasteiger partial charge < -0.3 is 25.4 Å². The zero-order valence-corrected chi connectivity index (χ0v) is 20.2. The minimum atomic E-state index is -0.696. The van der Waals surface area contributed by atoms with Crippen LogP contribution >= 0.6 is 0 Å². The molecule has 0 saturated heterocycles. The predicted octanol–water partition coefficient (Wildman–Crippen LogP) is 4.36. The van der Waals surface area contributed by atoms with Crippen LogP contribution in [0, 0.1) is 0 Å². The fourth-order valence-electron chi connectivity index (χ4n) is 3.83. The Bertz CT molecular complexity index is 896. The number of hydrogen-bond acceptors (Lipinski definition) is 6. The molecule has 1 aromatic rings. The molecule has 1 aliphatic rings. The standard InChI is InChI=1S/C25H35N3O5/c1-6-9-10-14-26-25(31)28-19-13-11-12-18(15-19)22-20(23(29)32-7-2)16(4)27-17(5)21(22)24(30)33-8-3/h11-13,15,22,27H,6-10,14H2,1-5H3,(H2,26,28,31). The number of carbonyl (C=O) groups is 3. The second-order valence-electron chi connectivity index (χ2n) is 7.79. The fraction of sp³-hybridized carbons (Fsp3) is 0.480. The summed E-state index contributed by atoms with van der Waals surface area (Å²) < 4.78 is 10.6. The quantitative estimate of drug-likeness (QED) is 0.356. The third-order valence-corrected chi connectivity index (χ3v) is 5.29. The molecule has 0 bridgehead atoms. The van der Waals surface area contributed by atoms with Crippen molar-refractivity contribution in [1.82, 2.24) is 10.6 Å². The van der Waals surface area contributed by atoms with Crippen LogP contribution in [0.15, 0.2) is 46.8 Å². The Morgan fingerprint density at radius 2 is 1.55 bits per heavy atom. The highest BCUT2D eigenvalue weighted by Crippen LogP contribution is 2.39. The van der Waals surface area contributed by atoms with Crippen LogP contribution in [-0.4, -0.2) is 37.7 Å². The SMILES string of the molecule is CCCCCNC(=O)Nc1cccc(C2C(C(=O)OCC)=C(C)NC(C)=C2C(=O)OCC)c1. The van der Waals surface area contributed by atoms with Crippen LogP contribution in [0.25, 0.3) is 0 Å². The molecule has 1 aromatic carbocycles. The summed E-state index contributed by atoms with van der Waals surface area (Å²) in [7, 11) is 0. The first kappa shape index (κ1) is 26.0. The molecule has 33 heavy (non-hydrogen) atoms. The van der Waals surface area contributed by atoms with Crippen molar-refractivity contribution >= 4 is 23.7 Å². The lowest BCUT2D eigenvalue weighted by Gasteiger charge is -2.30. The molecule has 8 nitrogen and oxygen atoms in total. The van der Waals surface area contributed by atoms with Gasteiger partial charge in [0.1, 0.15) is 0 Å². The Kier molecular flexibility index (Phi) is 9.97. The first-order valence-electron chi connectivity index (χ1n) is 11.5. The van der Waals surface area contributed by atoms with Gasteiger partial charge in [-0.05, 0) is 51.8 Å². The van der Waals surface area contributed by atoms with Gasteiger partial charge in [0.15, 0.2) is 0 Å². The molecule has 0 unspecified atom stereocenters. The van der Waals surface area contributed by atoms with Crippen molar-refractivity contribution < 1.29 is 23.9 Å². The third-order valence-electron chi connectivity index (χ3n) is 5.29. The molecule has 0 fully saturated rings. The molecule has 8 heteroatoms. The van der Waals surface area contributed by atoms with E-state index >= 15 is 0 Å². The maximum Gasteiger partial charge on any atom is 0.336 e. The number of carbonyl (C=O) groups excluding carboxylic acids is 3. The number of nitrogens with one attached hydrogen (secondary N) is 3. The minimum Gasteiger partial charge on any atom is -0.463 e. The largest absolute Gasteiger partial charge is 0.463 e. The summed E-state index contributed by atoms with van der Waals surface area (Å²) in [6.07, 6.45) is 3.04. The summed E-state index contributed by atoms with van der Waals surface area (Å²) in [5.74, 6) is -1.71. The van der Waals surface area contributed by atoms with E-state index in [9.17, 15) is 14.4 Å². The van der Waals surface area contributed by atoms with Crippen molar-refractivity contribution in [3.8, 4) is 0 Å². The van der Waals surface area contributed by atoms with Gasteiger partial charge in [-0.25, -0.2) is 14.4 Å². The van der Waals surface area contributed by atoms with Crippen LogP contribution in [-0.2, 0) is 19.1 Å². The molecule has 180 valence electrons. The number of allylic oxidation sites excluding steroid dienone is 2. The van der Waals surface area contributed by atoms with Gasteiger partial charge in [-0.1, -0.05) is 31.9 Å². The van der Waals surface area contributed by atoms with Crippen molar-refractivity contribution in [3.63, 3.8) is 0 Å². The van der Waals surface area contributed by atoms with E-state index in [-0.39, 0.29) is 19.2 Å². The summed E-state index contributed by atoms with van der Waals surface area (Å²) in [4.78, 5) is 38.1. The highest BCUT2D eigenvalue weighted by atomic mass is 16.5. The number of unbranched alkanes of at least 4 members (excludes halogenated alkanes) is 2.